The summed E-state index contributed by atoms with van der Waals surface area (Å²) in [5, 5.41) is 2.93. The number of likely N-dealkylation sites (N-methyl/N-ethyl adjacent to an activating group) is 1. The van der Waals surface area contributed by atoms with Crippen molar-refractivity contribution in [3.05, 3.63) is 59.7 Å². The topological polar surface area (TPSA) is 42.8 Å². The second-order valence-electron chi connectivity index (χ2n) is 6.31. The second-order valence-corrected chi connectivity index (χ2v) is 6.31. The third-order valence-corrected chi connectivity index (χ3v) is 4.39. The SMILES string of the molecule is CCc1ccc(NC(=O)[C@@H](C)[NH+](C)Cc2ccc(OC(F)F)cc2)cc1. The molecule has 6 heteroatoms. The summed E-state index contributed by atoms with van der Waals surface area (Å²) in [5.41, 5.74) is 2.94. The van der Waals surface area contributed by atoms with E-state index < -0.39 is 6.61 Å². The molecule has 0 saturated carbocycles. The van der Waals surface area contributed by atoms with Gasteiger partial charge in [0.15, 0.2) is 6.04 Å². The minimum Gasteiger partial charge on any atom is -0.435 e. The number of hydrogen-bond acceptors (Lipinski definition) is 2. The number of amides is 1. The van der Waals surface area contributed by atoms with E-state index >= 15 is 0 Å². The van der Waals surface area contributed by atoms with Crippen LogP contribution in [0.1, 0.15) is 25.0 Å². The van der Waals surface area contributed by atoms with Crippen LogP contribution in [0.15, 0.2) is 48.5 Å². The molecule has 2 N–H and O–H groups in total. The maximum atomic E-state index is 12.4. The average Bonchev–Trinajstić information content (AvgIpc) is 2.62. The highest BCUT2D eigenvalue weighted by molar-refractivity contribution is 5.93. The van der Waals surface area contributed by atoms with E-state index in [9.17, 15) is 13.6 Å². The summed E-state index contributed by atoms with van der Waals surface area (Å²) >= 11 is 0. The van der Waals surface area contributed by atoms with Crippen molar-refractivity contribution < 1.29 is 23.2 Å². The molecule has 26 heavy (non-hydrogen) atoms. The molecule has 2 aromatic rings. The number of ether oxygens (including phenoxy) is 1. The molecule has 2 aromatic carbocycles. The van der Waals surface area contributed by atoms with Crippen LogP contribution in [-0.2, 0) is 17.8 Å². The first-order valence-corrected chi connectivity index (χ1v) is 8.65. The van der Waals surface area contributed by atoms with Gasteiger partial charge in [0.05, 0.1) is 7.05 Å². The van der Waals surface area contributed by atoms with E-state index in [0.717, 1.165) is 22.6 Å². The van der Waals surface area contributed by atoms with Crippen LogP contribution in [0.2, 0.25) is 0 Å². The first-order chi connectivity index (χ1) is 12.4. The number of nitrogens with one attached hydrogen (secondary N) is 2. The van der Waals surface area contributed by atoms with E-state index in [1.165, 1.54) is 17.7 Å². The Bertz CT molecular complexity index is 703. The van der Waals surface area contributed by atoms with Gasteiger partial charge in [0.1, 0.15) is 12.3 Å². The fourth-order valence-electron chi connectivity index (χ4n) is 2.56. The van der Waals surface area contributed by atoms with E-state index in [1.807, 2.05) is 38.2 Å². The van der Waals surface area contributed by atoms with Crippen LogP contribution in [0.25, 0.3) is 0 Å². The van der Waals surface area contributed by atoms with Crippen molar-refractivity contribution in [3.8, 4) is 5.75 Å². The molecule has 140 valence electrons. The molecule has 0 fully saturated rings. The molecule has 2 atom stereocenters. The van der Waals surface area contributed by atoms with Gasteiger partial charge < -0.3 is 15.0 Å². The van der Waals surface area contributed by atoms with Crippen molar-refractivity contribution in [1.82, 2.24) is 0 Å². The van der Waals surface area contributed by atoms with Crippen molar-refractivity contribution in [3.63, 3.8) is 0 Å². The average molecular weight is 363 g/mol. The summed E-state index contributed by atoms with van der Waals surface area (Å²) in [6, 6.07) is 14.0. The third kappa shape index (κ3) is 5.81. The molecule has 0 aliphatic rings. The van der Waals surface area contributed by atoms with E-state index in [2.05, 4.69) is 17.0 Å². The Kier molecular flexibility index (Phi) is 7.09. The molecule has 0 spiro atoms. The highest BCUT2D eigenvalue weighted by atomic mass is 19.3. The maximum Gasteiger partial charge on any atom is 0.387 e. The molecule has 0 saturated heterocycles. The van der Waals surface area contributed by atoms with Crippen LogP contribution in [0.5, 0.6) is 5.75 Å². The number of hydrogen-bond donors (Lipinski definition) is 2. The fraction of sp³-hybridized carbons (Fsp3) is 0.350. The Morgan fingerprint density at radius 1 is 1.08 bits per heavy atom. The minimum absolute atomic E-state index is 0.0654. The van der Waals surface area contributed by atoms with Crippen molar-refractivity contribution >= 4 is 11.6 Å². The number of rotatable bonds is 8. The summed E-state index contributed by atoms with van der Waals surface area (Å²) < 4.78 is 28.7. The van der Waals surface area contributed by atoms with Gasteiger partial charge >= 0.3 is 6.61 Å². The predicted octanol–water partition coefficient (Wildman–Crippen LogP) is 2.89. The lowest BCUT2D eigenvalue weighted by Crippen LogP contribution is -3.12. The van der Waals surface area contributed by atoms with Crippen LogP contribution in [0.3, 0.4) is 0 Å². The van der Waals surface area contributed by atoms with E-state index in [0.29, 0.717) is 6.54 Å². The molecular weight excluding hydrogens is 338 g/mol. The normalized spacial score (nSPS) is 13.3. The molecule has 1 amide bonds. The molecular formula is C20H25F2N2O2+. The summed E-state index contributed by atoms with van der Waals surface area (Å²) in [6.45, 7) is 1.71. The van der Waals surface area contributed by atoms with Gasteiger partial charge in [-0.1, -0.05) is 19.1 Å². The smallest absolute Gasteiger partial charge is 0.387 e. The lowest BCUT2D eigenvalue weighted by atomic mass is 10.1. The number of quaternary nitrogens is 1. The Morgan fingerprint density at radius 3 is 2.19 bits per heavy atom. The van der Waals surface area contributed by atoms with E-state index in [-0.39, 0.29) is 17.7 Å². The second kappa shape index (κ2) is 9.29. The molecule has 0 aliphatic heterocycles. The zero-order valence-electron chi connectivity index (χ0n) is 15.3. The first-order valence-electron chi connectivity index (χ1n) is 8.65. The molecule has 0 aromatic heterocycles. The Labute approximate surface area is 152 Å². The number of halogens is 2. The number of benzene rings is 2. The monoisotopic (exact) mass is 363 g/mol. The molecule has 0 heterocycles. The molecule has 2 rings (SSSR count). The van der Waals surface area contributed by atoms with E-state index in [4.69, 9.17) is 0 Å². The van der Waals surface area contributed by atoms with Crippen LogP contribution in [-0.4, -0.2) is 25.6 Å². The summed E-state index contributed by atoms with van der Waals surface area (Å²) in [7, 11) is 1.92. The number of anilines is 1. The predicted molar refractivity (Wildman–Crippen MR) is 97.6 cm³/mol. The Morgan fingerprint density at radius 2 is 1.65 bits per heavy atom. The number of alkyl halides is 2. The largest absolute Gasteiger partial charge is 0.435 e. The van der Waals surface area contributed by atoms with Crippen LogP contribution in [0.4, 0.5) is 14.5 Å². The van der Waals surface area contributed by atoms with Crippen molar-refractivity contribution in [2.75, 3.05) is 12.4 Å². The zero-order valence-corrected chi connectivity index (χ0v) is 15.3. The van der Waals surface area contributed by atoms with Crippen molar-refractivity contribution in [2.24, 2.45) is 0 Å². The summed E-state index contributed by atoms with van der Waals surface area (Å²) in [4.78, 5) is 13.4. The quantitative estimate of drug-likeness (QED) is 0.757. The van der Waals surface area contributed by atoms with Gasteiger partial charge in [-0.15, -0.1) is 0 Å². The minimum atomic E-state index is -2.83. The lowest BCUT2D eigenvalue weighted by Gasteiger charge is -2.21. The maximum absolute atomic E-state index is 12.4. The summed E-state index contributed by atoms with van der Waals surface area (Å²) in [6.07, 6.45) is 0.957. The van der Waals surface area contributed by atoms with Gasteiger partial charge in [-0.25, -0.2) is 0 Å². The number of carbonyl (C=O) groups excluding carboxylic acids is 1. The zero-order chi connectivity index (χ0) is 19.1. The summed E-state index contributed by atoms with van der Waals surface area (Å²) in [5.74, 6) is 0.0622. The van der Waals surface area contributed by atoms with Crippen LogP contribution in [0, 0.1) is 0 Å². The highest BCUT2D eigenvalue weighted by Gasteiger charge is 2.22. The van der Waals surface area contributed by atoms with Gasteiger partial charge in [-0.2, -0.15) is 8.78 Å². The Balaban J connectivity index is 1.90. The number of carbonyl (C=O) groups is 1. The first kappa shape index (κ1) is 19.8. The molecule has 0 bridgehead atoms. The van der Waals surface area contributed by atoms with Gasteiger partial charge in [0, 0.05) is 11.3 Å². The van der Waals surface area contributed by atoms with Gasteiger partial charge in [-0.05, 0) is 55.3 Å². The van der Waals surface area contributed by atoms with Gasteiger partial charge in [0.2, 0.25) is 0 Å². The van der Waals surface area contributed by atoms with E-state index in [1.54, 1.807) is 12.1 Å². The van der Waals surface area contributed by atoms with Gasteiger partial charge in [0.25, 0.3) is 5.91 Å². The molecule has 4 nitrogen and oxygen atoms in total. The van der Waals surface area contributed by atoms with Crippen molar-refractivity contribution in [1.29, 1.82) is 0 Å². The fourth-order valence-corrected chi connectivity index (χ4v) is 2.56. The van der Waals surface area contributed by atoms with Crippen LogP contribution >= 0.6 is 0 Å². The highest BCUT2D eigenvalue weighted by Crippen LogP contribution is 2.14. The molecule has 0 radical (unpaired) electrons. The number of aryl methyl sites for hydroxylation is 1. The van der Waals surface area contributed by atoms with Crippen LogP contribution < -0.4 is 15.0 Å². The molecule has 1 unspecified atom stereocenters. The van der Waals surface area contributed by atoms with Crippen molar-refractivity contribution in [2.45, 2.75) is 39.5 Å². The Hall–Kier alpha value is -2.47. The third-order valence-electron chi connectivity index (χ3n) is 4.39. The lowest BCUT2D eigenvalue weighted by molar-refractivity contribution is -0.907. The van der Waals surface area contributed by atoms with Gasteiger partial charge in [-0.3, -0.25) is 4.79 Å². The molecule has 0 aliphatic carbocycles. The standard InChI is InChI=1S/C20H24F2N2O2/c1-4-15-5-9-17(10-6-15)23-19(25)14(2)24(3)13-16-7-11-18(12-8-16)26-20(21)22/h5-12,14,20H,4,13H2,1-3H3,(H,23,25)/p+1/t14-/m1/s1.